The molecule has 2 N–H and O–H groups in total. The number of aromatic amines is 1. The molecule has 3 nitrogen and oxygen atoms in total. The fourth-order valence-electron chi connectivity index (χ4n) is 3.20. The standard InChI is InChI=1S/C22H19ClN2O/c1-13-3-7-17(8-4-13)24-22(26)14(2)15-5-9-18-19-12-16(23)6-10-20(19)25-21(18)11-15/h3-12,14,25H,1-2H3,(H,24,26). The van der Waals surface area contributed by atoms with Crippen molar-refractivity contribution in [2.75, 3.05) is 5.32 Å². The smallest absolute Gasteiger partial charge is 0.231 e. The van der Waals surface area contributed by atoms with E-state index in [2.05, 4.69) is 16.4 Å². The van der Waals surface area contributed by atoms with E-state index >= 15 is 0 Å². The van der Waals surface area contributed by atoms with Crippen LogP contribution in [0.3, 0.4) is 0 Å². The highest BCUT2D eigenvalue weighted by atomic mass is 35.5. The Balaban J connectivity index is 1.63. The number of hydrogen-bond donors (Lipinski definition) is 2. The van der Waals surface area contributed by atoms with Crippen LogP contribution in [0.5, 0.6) is 0 Å². The van der Waals surface area contributed by atoms with Crippen LogP contribution in [0.2, 0.25) is 5.02 Å². The van der Waals surface area contributed by atoms with Crippen molar-refractivity contribution < 1.29 is 4.79 Å². The first-order chi connectivity index (χ1) is 12.5. The minimum Gasteiger partial charge on any atom is -0.355 e. The first kappa shape index (κ1) is 16.7. The molecule has 1 atom stereocenters. The third-order valence-corrected chi connectivity index (χ3v) is 5.03. The van der Waals surface area contributed by atoms with Crippen LogP contribution >= 0.6 is 11.6 Å². The minimum atomic E-state index is -0.254. The molecule has 0 saturated heterocycles. The van der Waals surface area contributed by atoms with Gasteiger partial charge in [-0.25, -0.2) is 0 Å². The first-order valence-corrected chi connectivity index (χ1v) is 8.97. The van der Waals surface area contributed by atoms with Gasteiger partial charge in [-0.15, -0.1) is 0 Å². The van der Waals surface area contributed by atoms with E-state index in [0.717, 1.165) is 33.1 Å². The summed E-state index contributed by atoms with van der Waals surface area (Å²) in [5.74, 6) is -0.275. The van der Waals surface area contributed by atoms with Gasteiger partial charge in [-0.2, -0.15) is 0 Å². The summed E-state index contributed by atoms with van der Waals surface area (Å²) in [4.78, 5) is 16.0. The monoisotopic (exact) mass is 362 g/mol. The Morgan fingerprint density at radius 1 is 0.962 bits per heavy atom. The molecule has 4 heteroatoms. The summed E-state index contributed by atoms with van der Waals surface area (Å²) < 4.78 is 0. The van der Waals surface area contributed by atoms with Gasteiger partial charge in [-0.05, 0) is 55.8 Å². The van der Waals surface area contributed by atoms with Gasteiger partial charge in [0.05, 0.1) is 5.92 Å². The Hall–Kier alpha value is -2.78. The third kappa shape index (κ3) is 3.06. The third-order valence-electron chi connectivity index (χ3n) is 4.80. The molecule has 3 aromatic carbocycles. The van der Waals surface area contributed by atoms with Gasteiger partial charge in [0.15, 0.2) is 0 Å². The predicted molar refractivity (Wildman–Crippen MR) is 109 cm³/mol. The van der Waals surface area contributed by atoms with E-state index in [9.17, 15) is 4.79 Å². The van der Waals surface area contributed by atoms with Gasteiger partial charge >= 0.3 is 0 Å². The molecule has 4 rings (SSSR count). The lowest BCUT2D eigenvalue weighted by Gasteiger charge is -2.13. The van der Waals surface area contributed by atoms with E-state index in [0.29, 0.717) is 5.02 Å². The van der Waals surface area contributed by atoms with E-state index in [1.807, 2.05) is 68.4 Å². The lowest BCUT2D eigenvalue weighted by molar-refractivity contribution is -0.117. The topological polar surface area (TPSA) is 44.9 Å². The van der Waals surface area contributed by atoms with Crippen LogP contribution in [0.1, 0.15) is 24.0 Å². The summed E-state index contributed by atoms with van der Waals surface area (Å²) in [6, 6.07) is 19.7. The lowest BCUT2D eigenvalue weighted by Crippen LogP contribution is -2.18. The highest BCUT2D eigenvalue weighted by Crippen LogP contribution is 2.30. The van der Waals surface area contributed by atoms with Crippen LogP contribution in [-0.2, 0) is 4.79 Å². The van der Waals surface area contributed by atoms with Crippen molar-refractivity contribution >= 4 is 45.0 Å². The Bertz CT molecular complexity index is 1110. The van der Waals surface area contributed by atoms with Crippen molar-refractivity contribution in [3.05, 3.63) is 76.8 Å². The number of aromatic nitrogens is 1. The lowest BCUT2D eigenvalue weighted by atomic mass is 9.98. The molecular weight excluding hydrogens is 344 g/mol. The molecule has 1 unspecified atom stereocenters. The van der Waals surface area contributed by atoms with Crippen molar-refractivity contribution in [3.63, 3.8) is 0 Å². The van der Waals surface area contributed by atoms with E-state index in [-0.39, 0.29) is 11.8 Å². The van der Waals surface area contributed by atoms with Crippen LogP contribution in [0.15, 0.2) is 60.7 Å². The highest BCUT2D eigenvalue weighted by Gasteiger charge is 2.17. The summed E-state index contributed by atoms with van der Waals surface area (Å²) >= 11 is 6.12. The summed E-state index contributed by atoms with van der Waals surface area (Å²) in [5, 5.41) is 5.90. The number of rotatable bonds is 3. The van der Waals surface area contributed by atoms with Crippen molar-refractivity contribution in [1.29, 1.82) is 0 Å². The zero-order valence-corrected chi connectivity index (χ0v) is 15.4. The Kier molecular flexibility index (Phi) is 4.17. The van der Waals surface area contributed by atoms with Crippen LogP contribution in [0, 0.1) is 6.92 Å². The maximum Gasteiger partial charge on any atom is 0.231 e. The Morgan fingerprint density at radius 3 is 2.50 bits per heavy atom. The average Bonchev–Trinajstić information content (AvgIpc) is 3.00. The molecule has 0 bridgehead atoms. The number of carbonyl (C=O) groups excluding carboxylic acids is 1. The molecule has 0 radical (unpaired) electrons. The zero-order chi connectivity index (χ0) is 18.3. The largest absolute Gasteiger partial charge is 0.355 e. The number of benzene rings is 3. The van der Waals surface area contributed by atoms with Gasteiger partial charge in [0, 0.05) is 32.5 Å². The zero-order valence-electron chi connectivity index (χ0n) is 14.6. The number of nitrogens with one attached hydrogen (secondary N) is 2. The molecule has 0 aliphatic carbocycles. The summed E-state index contributed by atoms with van der Waals surface area (Å²) in [5.41, 5.74) is 5.00. The highest BCUT2D eigenvalue weighted by molar-refractivity contribution is 6.31. The molecule has 0 saturated carbocycles. The van der Waals surface area contributed by atoms with Gasteiger partial charge in [0.25, 0.3) is 0 Å². The van der Waals surface area contributed by atoms with Gasteiger partial charge in [-0.3, -0.25) is 4.79 Å². The number of anilines is 1. The van der Waals surface area contributed by atoms with E-state index in [4.69, 9.17) is 11.6 Å². The predicted octanol–water partition coefficient (Wildman–Crippen LogP) is 6.03. The van der Waals surface area contributed by atoms with E-state index in [1.165, 1.54) is 5.56 Å². The number of amides is 1. The molecule has 1 aromatic heterocycles. The quantitative estimate of drug-likeness (QED) is 0.459. The van der Waals surface area contributed by atoms with Crippen molar-refractivity contribution in [3.8, 4) is 0 Å². The number of carbonyl (C=O) groups is 1. The molecule has 0 spiro atoms. The Morgan fingerprint density at radius 2 is 1.73 bits per heavy atom. The molecule has 0 aliphatic heterocycles. The molecule has 0 aliphatic rings. The van der Waals surface area contributed by atoms with Gasteiger partial charge in [-0.1, -0.05) is 41.4 Å². The summed E-state index contributed by atoms with van der Waals surface area (Å²) in [7, 11) is 0. The average molecular weight is 363 g/mol. The molecular formula is C22H19ClN2O. The maximum atomic E-state index is 12.6. The molecule has 26 heavy (non-hydrogen) atoms. The van der Waals surface area contributed by atoms with Crippen molar-refractivity contribution in [1.82, 2.24) is 4.98 Å². The summed E-state index contributed by atoms with van der Waals surface area (Å²) in [6.45, 7) is 3.95. The van der Waals surface area contributed by atoms with Gasteiger partial charge in [0.1, 0.15) is 0 Å². The van der Waals surface area contributed by atoms with Crippen LogP contribution in [0.4, 0.5) is 5.69 Å². The second-order valence-electron chi connectivity index (χ2n) is 6.70. The molecule has 130 valence electrons. The second-order valence-corrected chi connectivity index (χ2v) is 7.13. The number of H-pyrrole nitrogens is 1. The van der Waals surface area contributed by atoms with Crippen LogP contribution in [-0.4, -0.2) is 10.9 Å². The van der Waals surface area contributed by atoms with Crippen molar-refractivity contribution in [2.45, 2.75) is 19.8 Å². The SMILES string of the molecule is Cc1ccc(NC(=O)C(C)c2ccc3c(c2)[nH]c2ccc(Cl)cc23)cc1. The summed E-state index contributed by atoms with van der Waals surface area (Å²) in [6.07, 6.45) is 0. The van der Waals surface area contributed by atoms with Gasteiger partial charge < -0.3 is 10.3 Å². The maximum absolute atomic E-state index is 12.6. The van der Waals surface area contributed by atoms with Gasteiger partial charge in [0.2, 0.25) is 5.91 Å². The minimum absolute atomic E-state index is 0.0210. The fourth-order valence-corrected chi connectivity index (χ4v) is 3.37. The Labute approximate surface area is 157 Å². The fraction of sp³-hybridized carbons (Fsp3) is 0.136. The first-order valence-electron chi connectivity index (χ1n) is 8.60. The van der Waals surface area contributed by atoms with E-state index in [1.54, 1.807) is 0 Å². The molecule has 4 aromatic rings. The number of aryl methyl sites for hydroxylation is 1. The molecule has 1 heterocycles. The van der Waals surface area contributed by atoms with E-state index < -0.39 is 0 Å². The van der Waals surface area contributed by atoms with Crippen molar-refractivity contribution in [2.24, 2.45) is 0 Å². The van der Waals surface area contributed by atoms with Crippen LogP contribution < -0.4 is 5.32 Å². The number of hydrogen-bond acceptors (Lipinski definition) is 1. The van der Waals surface area contributed by atoms with Crippen LogP contribution in [0.25, 0.3) is 21.8 Å². The molecule has 1 amide bonds. The molecule has 0 fully saturated rings. The number of fused-ring (bicyclic) bond motifs is 3. The number of halogens is 1. The second kappa shape index (κ2) is 6.50. The normalized spacial score (nSPS) is 12.4.